The minimum Gasteiger partial charge on any atom is -0.467 e. The van der Waals surface area contributed by atoms with Crippen molar-refractivity contribution >= 4 is 17.8 Å². The largest absolute Gasteiger partial charge is 0.467 e. The van der Waals surface area contributed by atoms with Crippen LogP contribution in [0.3, 0.4) is 0 Å². The molecule has 0 aliphatic carbocycles. The van der Waals surface area contributed by atoms with E-state index in [9.17, 15) is 14.4 Å². The highest BCUT2D eigenvalue weighted by Crippen LogP contribution is 2.17. The summed E-state index contributed by atoms with van der Waals surface area (Å²) < 4.78 is 4.69. The number of carbonyl (C=O) groups excluding carboxylic acids is 3. The van der Waals surface area contributed by atoms with E-state index < -0.39 is 24.0 Å². The van der Waals surface area contributed by atoms with Gasteiger partial charge in [-0.1, -0.05) is 13.8 Å². The molecule has 0 saturated carbocycles. The predicted molar refractivity (Wildman–Crippen MR) is 77.1 cm³/mol. The molecule has 1 heterocycles. The second kappa shape index (κ2) is 7.97. The van der Waals surface area contributed by atoms with Gasteiger partial charge >= 0.3 is 5.97 Å². The van der Waals surface area contributed by atoms with E-state index in [1.54, 1.807) is 0 Å². The van der Waals surface area contributed by atoms with Crippen LogP contribution in [0.5, 0.6) is 0 Å². The molecule has 2 amide bonds. The number of carbonyl (C=O) groups is 3. The minimum absolute atomic E-state index is 0.0929. The van der Waals surface area contributed by atoms with E-state index in [2.05, 4.69) is 10.6 Å². The second-order valence-electron chi connectivity index (χ2n) is 5.83. The molecule has 4 N–H and O–H groups in total. The molecule has 0 unspecified atom stereocenters. The second-order valence-corrected chi connectivity index (χ2v) is 5.83. The van der Waals surface area contributed by atoms with E-state index in [0.29, 0.717) is 19.4 Å². The molecule has 7 nitrogen and oxygen atoms in total. The highest BCUT2D eigenvalue weighted by Gasteiger charge is 2.32. The summed E-state index contributed by atoms with van der Waals surface area (Å²) in [7, 11) is 1.25. The summed E-state index contributed by atoms with van der Waals surface area (Å²) in [5, 5.41) is 5.31. The van der Waals surface area contributed by atoms with E-state index in [1.807, 2.05) is 13.8 Å². The number of amides is 2. The summed E-state index contributed by atoms with van der Waals surface area (Å²) in [6.07, 6.45) is 1.42. The van der Waals surface area contributed by atoms with Crippen LogP contribution in [0.1, 0.15) is 33.1 Å². The lowest BCUT2D eigenvalue weighted by Gasteiger charge is -2.21. The Morgan fingerprint density at radius 2 is 2.14 bits per heavy atom. The Hall–Kier alpha value is -1.63. The molecular weight excluding hydrogens is 274 g/mol. The van der Waals surface area contributed by atoms with Crippen molar-refractivity contribution in [3.05, 3.63) is 0 Å². The van der Waals surface area contributed by atoms with Crippen molar-refractivity contribution in [1.29, 1.82) is 0 Å². The fraction of sp³-hybridized carbons (Fsp3) is 0.786. The van der Waals surface area contributed by atoms with Crippen LogP contribution in [0.2, 0.25) is 0 Å². The maximum Gasteiger partial charge on any atom is 0.328 e. The fourth-order valence-corrected chi connectivity index (χ4v) is 2.40. The van der Waals surface area contributed by atoms with E-state index in [4.69, 9.17) is 10.5 Å². The zero-order chi connectivity index (χ0) is 16.0. The molecule has 0 spiro atoms. The van der Waals surface area contributed by atoms with E-state index in [-0.39, 0.29) is 24.2 Å². The van der Waals surface area contributed by atoms with Gasteiger partial charge in [0.05, 0.1) is 13.2 Å². The number of esters is 1. The first-order valence-electron chi connectivity index (χ1n) is 7.26. The number of hydrogen-bond donors (Lipinski definition) is 3. The Morgan fingerprint density at radius 1 is 1.48 bits per heavy atom. The minimum atomic E-state index is -0.838. The van der Waals surface area contributed by atoms with Crippen LogP contribution in [-0.2, 0) is 19.1 Å². The molecule has 0 aromatic carbocycles. The van der Waals surface area contributed by atoms with Gasteiger partial charge in [-0.3, -0.25) is 9.59 Å². The van der Waals surface area contributed by atoms with Gasteiger partial charge in [0, 0.05) is 12.5 Å². The van der Waals surface area contributed by atoms with Crippen molar-refractivity contribution in [1.82, 2.24) is 10.6 Å². The Balaban J connectivity index is 2.63. The number of nitrogens with two attached hydrogens (primary N) is 1. The number of hydrogen-bond acceptors (Lipinski definition) is 5. The van der Waals surface area contributed by atoms with Gasteiger partial charge in [-0.2, -0.15) is 0 Å². The zero-order valence-electron chi connectivity index (χ0n) is 12.8. The first kappa shape index (κ1) is 17.4. The first-order chi connectivity index (χ1) is 9.85. The third-order valence-corrected chi connectivity index (χ3v) is 3.55. The van der Waals surface area contributed by atoms with Crippen LogP contribution in [0.15, 0.2) is 0 Å². The molecule has 7 heteroatoms. The average molecular weight is 299 g/mol. The quantitative estimate of drug-likeness (QED) is 0.551. The van der Waals surface area contributed by atoms with E-state index in [1.165, 1.54) is 7.11 Å². The molecule has 1 rings (SSSR count). The molecule has 0 aromatic heterocycles. The molecule has 21 heavy (non-hydrogen) atoms. The van der Waals surface area contributed by atoms with Crippen LogP contribution < -0.4 is 16.4 Å². The molecule has 1 saturated heterocycles. The standard InChI is InChI=1S/C14H25N3O4/c1-8(2)6-10(15)13(19)17-11(14(20)21-3)7-9-4-5-16-12(9)18/h8-11H,4-7,15H2,1-3H3,(H,16,18)(H,17,19)/t9-,10+,11-/m0/s1. The summed E-state index contributed by atoms with van der Waals surface area (Å²) in [5.41, 5.74) is 5.80. The highest BCUT2D eigenvalue weighted by molar-refractivity contribution is 5.88. The molecule has 0 bridgehead atoms. The topological polar surface area (TPSA) is 111 Å². The molecule has 0 radical (unpaired) electrons. The van der Waals surface area contributed by atoms with Crippen molar-refractivity contribution in [3.8, 4) is 0 Å². The van der Waals surface area contributed by atoms with Crippen molar-refractivity contribution in [2.45, 2.75) is 45.2 Å². The molecular formula is C14H25N3O4. The monoisotopic (exact) mass is 299 g/mol. The Labute approximate surface area is 125 Å². The van der Waals surface area contributed by atoms with Gasteiger partial charge in [0.2, 0.25) is 11.8 Å². The lowest BCUT2D eigenvalue weighted by molar-refractivity contribution is -0.146. The van der Waals surface area contributed by atoms with Crippen LogP contribution >= 0.6 is 0 Å². The normalized spacial score (nSPS) is 20.8. The SMILES string of the molecule is COC(=O)[C@H](C[C@@H]1CCNC1=O)NC(=O)[C@H](N)CC(C)C. The maximum atomic E-state index is 12.0. The van der Waals surface area contributed by atoms with Crippen LogP contribution in [0.4, 0.5) is 0 Å². The predicted octanol–water partition coefficient (Wildman–Crippen LogP) is -0.456. The molecule has 0 aromatic rings. The molecule has 1 aliphatic rings. The van der Waals surface area contributed by atoms with Gasteiger partial charge in [0.25, 0.3) is 0 Å². The van der Waals surface area contributed by atoms with Crippen molar-refractivity contribution in [3.63, 3.8) is 0 Å². The van der Waals surface area contributed by atoms with Gasteiger partial charge in [-0.15, -0.1) is 0 Å². The number of ether oxygens (including phenoxy) is 1. The van der Waals surface area contributed by atoms with Gasteiger partial charge < -0.3 is 21.1 Å². The summed E-state index contributed by atoms with van der Waals surface area (Å²) in [4.78, 5) is 35.4. The lowest BCUT2D eigenvalue weighted by atomic mass is 9.97. The summed E-state index contributed by atoms with van der Waals surface area (Å²) >= 11 is 0. The zero-order valence-corrected chi connectivity index (χ0v) is 12.8. The van der Waals surface area contributed by atoms with Crippen LogP contribution in [-0.4, -0.2) is 43.5 Å². The maximum absolute atomic E-state index is 12.0. The summed E-state index contributed by atoms with van der Waals surface area (Å²) in [6, 6.07) is -1.51. The summed E-state index contributed by atoms with van der Waals surface area (Å²) in [5.74, 6) is -1.04. The Kier molecular flexibility index (Phi) is 6.61. The fourth-order valence-electron chi connectivity index (χ4n) is 2.40. The molecule has 1 aliphatic heterocycles. The van der Waals surface area contributed by atoms with Crippen LogP contribution in [0.25, 0.3) is 0 Å². The van der Waals surface area contributed by atoms with Crippen molar-refractivity contribution in [2.24, 2.45) is 17.6 Å². The molecule has 120 valence electrons. The van der Waals surface area contributed by atoms with Gasteiger partial charge in [0.15, 0.2) is 0 Å². The van der Waals surface area contributed by atoms with E-state index in [0.717, 1.165) is 0 Å². The lowest BCUT2D eigenvalue weighted by Crippen LogP contribution is -2.50. The molecule has 1 fully saturated rings. The van der Waals surface area contributed by atoms with Crippen molar-refractivity contribution < 1.29 is 19.1 Å². The Morgan fingerprint density at radius 3 is 2.62 bits per heavy atom. The van der Waals surface area contributed by atoms with Gasteiger partial charge in [-0.05, 0) is 25.2 Å². The first-order valence-corrected chi connectivity index (χ1v) is 7.26. The van der Waals surface area contributed by atoms with E-state index >= 15 is 0 Å². The number of nitrogens with one attached hydrogen (secondary N) is 2. The van der Waals surface area contributed by atoms with Crippen LogP contribution in [0, 0.1) is 11.8 Å². The Bertz CT molecular complexity index is 398. The smallest absolute Gasteiger partial charge is 0.328 e. The number of rotatable bonds is 7. The third-order valence-electron chi connectivity index (χ3n) is 3.55. The third kappa shape index (κ3) is 5.34. The van der Waals surface area contributed by atoms with Gasteiger partial charge in [-0.25, -0.2) is 4.79 Å². The molecule has 3 atom stereocenters. The highest BCUT2D eigenvalue weighted by atomic mass is 16.5. The summed E-state index contributed by atoms with van der Waals surface area (Å²) in [6.45, 7) is 4.53. The number of methoxy groups -OCH3 is 1. The average Bonchev–Trinajstić information content (AvgIpc) is 2.81. The van der Waals surface area contributed by atoms with Crippen molar-refractivity contribution in [2.75, 3.05) is 13.7 Å². The van der Waals surface area contributed by atoms with Gasteiger partial charge in [0.1, 0.15) is 6.04 Å².